The van der Waals surface area contributed by atoms with Crippen molar-refractivity contribution in [2.45, 2.75) is 32.6 Å². The molecule has 0 saturated heterocycles. The van der Waals surface area contributed by atoms with E-state index in [-0.39, 0.29) is 11.3 Å². The van der Waals surface area contributed by atoms with E-state index < -0.39 is 0 Å². The summed E-state index contributed by atoms with van der Waals surface area (Å²) in [6, 6.07) is 13.5. The fourth-order valence-electron chi connectivity index (χ4n) is 2.71. The topological polar surface area (TPSA) is 59.6 Å². The van der Waals surface area contributed by atoms with Gasteiger partial charge in [-0.25, -0.2) is 0 Å². The lowest BCUT2D eigenvalue weighted by Gasteiger charge is -2.23. The summed E-state index contributed by atoms with van der Waals surface area (Å²) in [4.78, 5) is 12.3. The minimum absolute atomic E-state index is 0.0262. The van der Waals surface area contributed by atoms with Gasteiger partial charge in [-0.05, 0) is 29.2 Å². The van der Waals surface area contributed by atoms with Gasteiger partial charge in [-0.1, -0.05) is 39.0 Å². The second-order valence-electron chi connectivity index (χ2n) is 7.09. The lowest BCUT2D eigenvalue weighted by Crippen LogP contribution is -2.20. The van der Waals surface area contributed by atoms with Gasteiger partial charge in [0.1, 0.15) is 11.5 Å². The Labute approximate surface area is 155 Å². The van der Waals surface area contributed by atoms with Gasteiger partial charge in [0, 0.05) is 24.7 Å². The van der Waals surface area contributed by atoms with Crippen LogP contribution in [0.5, 0.6) is 11.5 Å². The highest BCUT2D eigenvalue weighted by Crippen LogP contribution is 2.30. The quantitative estimate of drug-likeness (QED) is 0.770. The molecule has 5 heteroatoms. The smallest absolute Gasteiger partial charge is 0.226 e. The zero-order valence-electron chi connectivity index (χ0n) is 16.2. The van der Waals surface area contributed by atoms with Crippen LogP contribution < -0.4 is 20.1 Å². The van der Waals surface area contributed by atoms with Crippen LogP contribution in [0.4, 0.5) is 11.4 Å². The first-order chi connectivity index (χ1) is 12.3. The SMILES string of the molecule is COc1ccc(NCCC(=O)Nc2ccccc2C(C)(C)C)c(OC)c1. The average molecular weight is 356 g/mol. The van der Waals surface area contributed by atoms with Crippen LogP contribution in [0.15, 0.2) is 42.5 Å². The van der Waals surface area contributed by atoms with E-state index in [0.717, 1.165) is 22.7 Å². The summed E-state index contributed by atoms with van der Waals surface area (Å²) in [7, 11) is 3.22. The Hall–Kier alpha value is -2.69. The number of anilines is 2. The molecule has 2 rings (SSSR count). The summed E-state index contributed by atoms with van der Waals surface area (Å²) in [5, 5.41) is 6.26. The van der Waals surface area contributed by atoms with E-state index in [9.17, 15) is 4.79 Å². The van der Waals surface area contributed by atoms with Crippen molar-refractivity contribution in [1.82, 2.24) is 0 Å². The molecule has 0 heterocycles. The van der Waals surface area contributed by atoms with Crippen LogP contribution in [0.1, 0.15) is 32.8 Å². The Morgan fingerprint density at radius 2 is 1.73 bits per heavy atom. The molecule has 2 aromatic carbocycles. The largest absolute Gasteiger partial charge is 0.497 e. The third-order valence-electron chi connectivity index (χ3n) is 4.09. The van der Waals surface area contributed by atoms with Crippen LogP contribution >= 0.6 is 0 Å². The molecule has 0 spiro atoms. The molecule has 0 bridgehead atoms. The van der Waals surface area contributed by atoms with Crippen molar-refractivity contribution < 1.29 is 14.3 Å². The molecule has 5 nitrogen and oxygen atoms in total. The van der Waals surface area contributed by atoms with Gasteiger partial charge in [0.25, 0.3) is 0 Å². The van der Waals surface area contributed by atoms with Gasteiger partial charge in [0.2, 0.25) is 5.91 Å². The Balaban J connectivity index is 1.95. The number of carbonyl (C=O) groups excluding carboxylic acids is 1. The molecule has 0 aliphatic heterocycles. The third kappa shape index (κ3) is 5.15. The molecule has 0 aromatic heterocycles. The highest BCUT2D eigenvalue weighted by atomic mass is 16.5. The number of ether oxygens (including phenoxy) is 2. The Kier molecular flexibility index (Phi) is 6.50. The zero-order chi connectivity index (χ0) is 19.2. The number of benzene rings is 2. The predicted molar refractivity (Wildman–Crippen MR) is 106 cm³/mol. The molecule has 0 aliphatic carbocycles. The maximum absolute atomic E-state index is 12.3. The lowest BCUT2D eigenvalue weighted by atomic mass is 9.86. The maximum atomic E-state index is 12.3. The Bertz CT molecular complexity index is 751. The van der Waals surface area contributed by atoms with Crippen molar-refractivity contribution in [1.29, 1.82) is 0 Å². The summed E-state index contributed by atoms with van der Waals surface area (Å²) in [6.45, 7) is 6.91. The molecule has 0 radical (unpaired) electrons. The van der Waals surface area contributed by atoms with E-state index in [1.165, 1.54) is 0 Å². The second-order valence-corrected chi connectivity index (χ2v) is 7.09. The second kappa shape index (κ2) is 8.61. The molecule has 0 fully saturated rings. The summed E-state index contributed by atoms with van der Waals surface area (Å²) >= 11 is 0. The van der Waals surface area contributed by atoms with Crippen LogP contribution in [0, 0.1) is 0 Å². The molecular weight excluding hydrogens is 328 g/mol. The van der Waals surface area contributed by atoms with E-state index in [0.29, 0.717) is 18.7 Å². The maximum Gasteiger partial charge on any atom is 0.226 e. The zero-order valence-corrected chi connectivity index (χ0v) is 16.2. The van der Waals surface area contributed by atoms with Crippen molar-refractivity contribution >= 4 is 17.3 Å². The van der Waals surface area contributed by atoms with Crippen molar-refractivity contribution in [3.05, 3.63) is 48.0 Å². The van der Waals surface area contributed by atoms with E-state index in [2.05, 4.69) is 37.5 Å². The number of hydrogen-bond donors (Lipinski definition) is 2. The van der Waals surface area contributed by atoms with E-state index in [1.54, 1.807) is 14.2 Å². The van der Waals surface area contributed by atoms with Gasteiger partial charge >= 0.3 is 0 Å². The third-order valence-corrected chi connectivity index (χ3v) is 4.09. The van der Waals surface area contributed by atoms with Crippen LogP contribution in [-0.4, -0.2) is 26.7 Å². The van der Waals surface area contributed by atoms with Crippen LogP contribution in [0.25, 0.3) is 0 Å². The van der Waals surface area contributed by atoms with Gasteiger partial charge in [-0.3, -0.25) is 4.79 Å². The van der Waals surface area contributed by atoms with E-state index >= 15 is 0 Å². The average Bonchev–Trinajstić information content (AvgIpc) is 2.61. The van der Waals surface area contributed by atoms with Gasteiger partial charge in [-0.15, -0.1) is 0 Å². The predicted octanol–water partition coefficient (Wildman–Crippen LogP) is 4.44. The molecule has 0 saturated carbocycles. The van der Waals surface area contributed by atoms with Gasteiger partial charge in [0.15, 0.2) is 0 Å². The minimum atomic E-state index is -0.0292. The number of methoxy groups -OCH3 is 2. The van der Waals surface area contributed by atoms with Crippen molar-refractivity contribution in [3.8, 4) is 11.5 Å². The number of rotatable bonds is 7. The fourth-order valence-corrected chi connectivity index (χ4v) is 2.71. The molecule has 0 aliphatic rings. The molecule has 26 heavy (non-hydrogen) atoms. The van der Waals surface area contributed by atoms with E-state index in [1.807, 2.05) is 36.4 Å². The first-order valence-corrected chi connectivity index (χ1v) is 8.70. The van der Waals surface area contributed by atoms with E-state index in [4.69, 9.17) is 9.47 Å². The number of nitrogens with one attached hydrogen (secondary N) is 2. The highest BCUT2D eigenvalue weighted by molar-refractivity contribution is 5.92. The minimum Gasteiger partial charge on any atom is -0.497 e. The molecule has 140 valence electrons. The summed E-state index contributed by atoms with van der Waals surface area (Å²) in [5.41, 5.74) is 2.79. The normalized spacial score (nSPS) is 11.0. The summed E-state index contributed by atoms with van der Waals surface area (Å²) in [5.74, 6) is 1.38. The van der Waals surface area contributed by atoms with Crippen molar-refractivity contribution in [2.24, 2.45) is 0 Å². The van der Waals surface area contributed by atoms with Crippen molar-refractivity contribution in [2.75, 3.05) is 31.4 Å². The molecular formula is C21H28N2O3. The summed E-state index contributed by atoms with van der Waals surface area (Å²) < 4.78 is 10.5. The standard InChI is InChI=1S/C21H28N2O3/c1-21(2,3)16-8-6-7-9-17(16)23-20(24)12-13-22-18-11-10-15(25-4)14-19(18)26-5/h6-11,14,22H,12-13H2,1-5H3,(H,23,24). The van der Waals surface area contributed by atoms with Crippen LogP contribution in [-0.2, 0) is 10.2 Å². The number of amides is 1. The first-order valence-electron chi connectivity index (χ1n) is 8.70. The number of para-hydroxylation sites is 1. The number of hydrogen-bond acceptors (Lipinski definition) is 4. The van der Waals surface area contributed by atoms with Gasteiger partial charge in [-0.2, -0.15) is 0 Å². The first kappa shape index (κ1) is 19.6. The molecule has 0 unspecified atom stereocenters. The Morgan fingerprint density at radius 1 is 1.00 bits per heavy atom. The molecule has 1 amide bonds. The molecule has 2 aromatic rings. The highest BCUT2D eigenvalue weighted by Gasteiger charge is 2.18. The monoisotopic (exact) mass is 356 g/mol. The lowest BCUT2D eigenvalue weighted by molar-refractivity contribution is -0.115. The molecule has 2 N–H and O–H groups in total. The van der Waals surface area contributed by atoms with Crippen LogP contribution in [0.2, 0.25) is 0 Å². The number of carbonyl (C=O) groups is 1. The fraction of sp³-hybridized carbons (Fsp3) is 0.381. The summed E-state index contributed by atoms with van der Waals surface area (Å²) in [6.07, 6.45) is 0.355. The van der Waals surface area contributed by atoms with Gasteiger partial charge < -0.3 is 20.1 Å². The van der Waals surface area contributed by atoms with Crippen LogP contribution in [0.3, 0.4) is 0 Å². The van der Waals surface area contributed by atoms with Gasteiger partial charge in [0.05, 0.1) is 19.9 Å². The Morgan fingerprint density at radius 3 is 2.38 bits per heavy atom. The molecule has 0 atom stereocenters. The van der Waals surface area contributed by atoms with Crippen molar-refractivity contribution in [3.63, 3.8) is 0 Å².